The van der Waals surface area contributed by atoms with E-state index in [0.717, 1.165) is 12.8 Å². The van der Waals surface area contributed by atoms with Crippen molar-refractivity contribution in [2.24, 2.45) is 5.92 Å². The second-order valence-electron chi connectivity index (χ2n) is 7.57. The van der Waals surface area contributed by atoms with Crippen molar-refractivity contribution in [3.8, 4) is 11.8 Å². The van der Waals surface area contributed by atoms with E-state index in [9.17, 15) is 9.59 Å². The van der Waals surface area contributed by atoms with Gasteiger partial charge >= 0.3 is 5.97 Å². The Labute approximate surface area is 180 Å². The van der Waals surface area contributed by atoms with Gasteiger partial charge in [-0.15, -0.1) is 0 Å². The SMILES string of the molecule is CCCCCCCCCCCCOC(=O)c1ccc(OC)c(NC(=O)C(C)C#N)c1. The van der Waals surface area contributed by atoms with Gasteiger partial charge in [0, 0.05) is 0 Å². The van der Waals surface area contributed by atoms with Crippen LogP contribution in [-0.2, 0) is 9.53 Å². The summed E-state index contributed by atoms with van der Waals surface area (Å²) in [6, 6.07) is 6.60. The van der Waals surface area contributed by atoms with Crippen LogP contribution >= 0.6 is 0 Å². The van der Waals surface area contributed by atoms with E-state index in [-0.39, 0.29) is 0 Å². The molecule has 6 nitrogen and oxygen atoms in total. The molecular weight excluding hydrogens is 380 g/mol. The maximum absolute atomic E-state index is 12.3. The number of hydrogen-bond donors (Lipinski definition) is 1. The van der Waals surface area contributed by atoms with Crippen LogP contribution in [0.2, 0.25) is 0 Å². The molecule has 1 N–H and O–H groups in total. The van der Waals surface area contributed by atoms with Gasteiger partial charge in [-0.3, -0.25) is 4.79 Å². The number of esters is 1. The van der Waals surface area contributed by atoms with Crippen molar-refractivity contribution in [1.82, 2.24) is 0 Å². The summed E-state index contributed by atoms with van der Waals surface area (Å²) in [4.78, 5) is 24.3. The normalized spacial score (nSPS) is 11.4. The van der Waals surface area contributed by atoms with E-state index in [1.165, 1.54) is 71.5 Å². The Bertz CT molecular complexity index is 697. The number of unbranched alkanes of at least 4 members (excludes halogenated alkanes) is 9. The zero-order valence-electron chi connectivity index (χ0n) is 18.7. The topological polar surface area (TPSA) is 88.4 Å². The first kappa shape index (κ1) is 25.5. The first-order valence-corrected chi connectivity index (χ1v) is 11.1. The monoisotopic (exact) mass is 416 g/mol. The number of ether oxygens (including phenoxy) is 2. The summed E-state index contributed by atoms with van der Waals surface area (Å²) in [6.07, 6.45) is 12.2. The lowest BCUT2D eigenvalue weighted by Crippen LogP contribution is -2.19. The van der Waals surface area contributed by atoms with Crippen molar-refractivity contribution in [3.05, 3.63) is 23.8 Å². The number of anilines is 1. The van der Waals surface area contributed by atoms with E-state index >= 15 is 0 Å². The van der Waals surface area contributed by atoms with E-state index in [1.807, 2.05) is 6.07 Å². The lowest BCUT2D eigenvalue weighted by Gasteiger charge is -2.12. The average Bonchev–Trinajstić information content (AvgIpc) is 2.76. The summed E-state index contributed by atoms with van der Waals surface area (Å²) in [7, 11) is 1.47. The molecule has 6 heteroatoms. The van der Waals surface area contributed by atoms with Crippen LogP contribution in [0.4, 0.5) is 5.69 Å². The van der Waals surface area contributed by atoms with Crippen LogP contribution in [0, 0.1) is 17.2 Å². The first-order chi connectivity index (χ1) is 14.5. The summed E-state index contributed by atoms with van der Waals surface area (Å²) >= 11 is 0. The number of rotatable bonds is 15. The van der Waals surface area contributed by atoms with Crippen LogP contribution in [0.3, 0.4) is 0 Å². The maximum Gasteiger partial charge on any atom is 0.338 e. The third kappa shape index (κ3) is 9.78. The molecule has 0 aliphatic rings. The number of hydrogen-bond acceptors (Lipinski definition) is 5. The second kappa shape index (κ2) is 15.3. The largest absolute Gasteiger partial charge is 0.495 e. The number of carbonyl (C=O) groups is 2. The quantitative estimate of drug-likeness (QED) is 0.285. The van der Waals surface area contributed by atoms with Gasteiger partial charge in [-0.05, 0) is 31.5 Å². The fourth-order valence-electron chi connectivity index (χ4n) is 3.07. The minimum atomic E-state index is -0.804. The zero-order chi connectivity index (χ0) is 22.2. The minimum Gasteiger partial charge on any atom is -0.495 e. The van der Waals surface area contributed by atoms with Gasteiger partial charge in [-0.1, -0.05) is 64.7 Å². The van der Waals surface area contributed by atoms with Crippen LogP contribution in [-0.4, -0.2) is 25.6 Å². The minimum absolute atomic E-state index is 0.336. The highest BCUT2D eigenvalue weighted by Crippen LogP contribution is 2.26. The van der Waals surface area contributed by atoms with Crippen LogP contribution in [0.5, 0.6) is 5.75 Å². The number of nitrogens with zero attached hydrogens (tertiary/aromatic N) is 1. The molecule has 0 radical (unpaired) electrons. The lowest BCUT2D eigenvalue weighted by molar-refractivity contribution is -0.117. The molecule has 1 aromatic rings. The summed E-state index contributed by atoms with van der Waals surface area (Å²) in [5.41, 5.74) is 0.681. The number of amides is 1. The zero-order valence-corrected chi connectivity index (χ0v) is 18.7. The van der Waals surface area contributed by atoms with E-state index < -0.39 is 17.8 Å². The second-order valence-corrected chi connectivity index (χ2v) is 7.57. The van der Waals surface area contributed by atoms with Gasteiger partial charge in [0.25, 0.3) is 0 Å². The molecule has 0 bridgehead atoms. The number of nitrogens with one attached hydrogen (secondary N) is 1. The predicted molar refractivity (Wildman–Crippen MR) is 119 cm³/mol. The fourth-order valence-corrected chi connectivity index (χ4v) is 3.07. The highest BCUT2D eigenvalue weighted by Gasteiger charge is 2.16. The van der Waals surface area contributed by atoms with Crippen molar-refractivity contribution < 1.29 is 19.1 Å². The summed E-state index contributed by atoms with van der Waals surface area (Å²) in [5.74, 6) is -1.27. The highest BCUT2D eigenvalue weighted by atomic mass is 16.5. The van der Waals surface area contributed by atoms with Gasteiger partial charge in [-0.2, -0.15) is 5.26 Å². The fraction of sp³-hybridized carbons (Fsp3) is 0.625. The molecule has 0 aliphatic heterocycles. The summed E-state index contributed by atoms with van der Waals surface area (Å²) < 4.78 is 10.6. The molecule has 1 aromatic carbocycles. The van der Waals surface area contributed by atoms with Crippen molar-refractivity contribution in [2.45, 2.75) is 78.1 Å². The molecule has 1 amide bonds. The Morgan fingerprint density at radius 1 is 1.03 bits per heavy atom. The lowest BCUT2D eigenvalue weighted by atomic mass is 10.1. The Balaban J connectivity index is 2.35. The third-order valence-electron chi connectivity index (χ3n) is 5.01. The Morgan fingerprint density at radius 2 is 1.63 bits per heavy atom. The van der Waals surface area contributed by atoms with Gasteiger partial charge in [0.05, 0.1) is 31.0 Å². The third-order valence-corrected chi connectivity index (χ3v) is 5.01. The first-order valence-electron chi connectivity index (χ1n) is 11.1. The molecule has 0 fully saturated rings. The summed E-state index contributed by atoms with van der Waals surface area (Å²) in [5, 5.41) is 11.5. The smallest absolute Gasteiger partial charge is 0.338 e. The maximum atomic E-state index is 12.3. The van der Waals surface area contributed by atoms with Crippen molar-refractivity contribution in [2.75, 3.05) is 19.0 Å². The highest BCUT2D eigenvalue weighted by molar-refractivity contribution is 5.97. The van der Waals surface area contributed by atoms with Gasteiger partial charge < -0.3 is 14.8 Å². The molecule has 1 unspecified atom stereocenters. The van der Waals surface area contributed by atoms with Crippen LogP contribution < -0.4 is 10.1 Å². The number of benzene rings is 1. The Hall–Kier alpha value is -2.55. The number of nitriles is 1. The average molecular weight is 417 g/mol. The van der Waals surface area contributed by atoms with E-state index in [2.05, 4.69) is 12.2 Å². The Kier molecular flexibility index (Phi) is 13.0. The molecule has 0 saturated heterocycles. The van der Waals surface area contributed by atoms with Crippen molar-refractivity contribution in [1.29, 1.82) is 5.26 Å². The van der Waals surface area contributed by atoms with Gasteiger partial charge in [-0.25, -0.2) is 4.79 Å². The molecule has 0 heterocycles. The Morgan fingerprint density at radius 3 is 2.20 bits per heavy atom. The molecule has 1 rings (SSSR count). The van der Waals surface area contributed by atoms with Crippen LogP contribution in [0.25, 0.3) is 0 Å². The molecular formula is C24H36N2O4. The van der Waals surface area contributed by atoms with Crippen molar-refractivity contribution in [3.63, 3.8) is 0 Å². The van der Waals surface area contributed by atoms with Crippen LogP contribution in [0.15, 0.2) is 18.2 Å². The molecule has 0 aromatic heterocycles. The molecule has 0 aliphatic carbocycles. The van der Waals surface area contributed by atoms with Gasteiger partial charge in [0.15, 0.2) is 0 Å². The van der Waals surface area contributed by atoms with Gasteiger partial charge in [0.2, 0.25) is 5.91 Å². The van der Waals surface area contributed by atoms with Gasteiger partial charge in [0.1, 0.15) is 11.7 Å². The van der Waals surface area contributed by atoms with E-state index in [4.69, 9.17) is 14.7 Å². The van der Waals surface area contributed by atoms with E-state index in [1.54, 1.807) is 12.1 Å². The standard InChI is InChI=1S/C24H36N2O4/c1-4-5-6-7-8-9-10-11-12-13-16-30-24(28)20-14-15-22(29-3)21(17-20)26-23(27)19(2)18-25/h14-15,17,19H,4-13,16H2,1-3H3,(H,26,27). The molecule has 0 saturated carbocycles. The molecule has 1 atom stereocenters. The predicted octanol–water partition coefficient (Wildman–Crippen LogP) is 5.87. The molecule has 166 valence electrons. The van der Waals surface area contributed by atoms with Crippen LogP contribution in [0.1, 0.15) is 88.4 Å². The number of carbonyl (C=O) groups excluding carboxylic acids is 2. The summed E-state index contributed by atoms with van der Waals surface area (Å²) in [6.45, 7) is 4.12. The molecule has 30 heavy (non-hydrogen) atoms. The number of methoxy groups -OCH3 is 1. The van der Waals surface area contributed by atoms with Crippen molar-refractivity contribution >= 4 is 17.6 Å². The molecule has 0 spiro atoms. The van der Waals surface area contributed by atoms with E-state index in [0.29, 0.717) is 23.6 Å².